The Balaban J connectivity index is 2.44. The largest absolute Gasteiger partial charge is 0.464 e. The van der Waals surface area contributed by atoms with Crippen LogP contribution in [0.4, 0.5) is 23.2 Å². The lowest BCUT2D eigenvalue weighted by Crippen LogP contribution is -2.43. The molecule has 0 bridgehead atoms. The van der Waals surface area contributed by atoms with E-state index in [1.807, 2.05) is 0 Å². The molecule has 0 aromatic carbocycles. The summed E-state index contributed by atoms with van der Waals surface area (Å²) >= 11 is 0. The van der Waals surface area contributed by atoms with Gasteiger partial charge in [0.25, 0.3) is 11.9 Å². The Hall–Kier alpha value is -2.65. The number of hydrogen-bond acceptors (Lipinski definition) is 5. The van der Waals surface area contributed by atoms with Gasteiger partial charge in [0.15, 0.2) is 0 Å². The molecular formula is C14H14F4N4O2. The second-order valence-electron chi connectivity index (χ2n) is 4.83. The fourth-order valence-electron chi connectivity index (χ4n) is 2.16. The standard InChI is InChI=1S/C14H14F4N4O2/c1-3-24-14(23)8(4-7-5-19-6-20-7)22(2)11-9(15)12(17)21-13(18)10(11)16/h5-6,8H,3-4H2,1-2H3,(H,19,20). The molecule has 0 aliphatic heterocycles. The molecule has 0 amide bonds. The molecule has 0 radical (unpaired) electrons. The van der Waals surface area contributed by atoms with Crippen molar-refractivity contribution in [3.8, 4) is 0 Å². The van der Waals surface area contributed by atoms with Gasteiger partial charge in [-0.3, -0.25) is 0 Å². The summed E-state index contributed by atoms with van der Waals surface area (Å²) in [5, 5.41) is 0. The quantitative estimate of drug-likeness (QED) is 0.492. The summed E-state index contributed by atoms with van der Waals surface area (Å²) in [5.41, 5.74) is -0.576. The zero-order valence-electron chi connectivity index (χ0n) is 12.8. The van der Waals surface area contributed by atoms with Gasteiger partial charge in [0, 0.05) is 25.4 Å². The molecule has 0 fully saturated rings. The van der Waals surface area contributed by atoms with Crippen LogP contribution in [0.25, 0.3) is 0 Å². The molecule has 1 unspecified atom stereocenters. The fraction of sp³-hybridized carbons (Fsp3) is 0.357. The number of halogens is 4. The van der Waals surface area contributed by atoms with Gasteiger partial charge in [-0.25, -0.2) is 9.78 Å². The van der Waals surface area contributed by atoms with Crippen molar-refractivity contribution in [2.24, 2.45) is 0 Å². The normalized spacial score (nSPS) is 12.1. The molecule has 10 heteroatoms. The Morgan fingerprint density at radius 1 is 1.29 bits per heavy atom. The lowest BCUT2D eigenvalue weighted by Gasteiger charge is -2.28. The molecule has 130 valence electrons. The lowest BCUT2D eigenvalue weighted by molar-refractivity contribution is -0.144. The first-order valence-electron chi connectivity index (χ1n) is 6.93. The highest BCUT2D eigenvalue weighted by atomic mass is 19.2. The number of anilines is 1. The zero-order chi connectivity index (χ0) is 17.9. The van der Waals surface area contributed by atoms with Crippen LogP contribution in [-0.2, 0) is 16.0 Å². The third-order valence-corrected chi connectivity index (χ3v) is 3.32. The highest BCUT2D eigenvalue weighted by Crippen LogP contribution is 2.27. The molecule has 1 atom stereocenters. The number of esters is 1. The van der Waals surface area contributed by atoms with Gasteiger partial charge < -0.3 is 14.6 Å². The first-order valence-corrected chi connectivity index (χ1v) is 6.93. The van der Waals surface area contributed by atoms with Crippen LogP contribution in [0, 0.1) is 23.5 Å². The van der Waals surface area contributed by atoms with Crippen molar-refractivity contribution in [2.45, 2.75) is 19.4 Å². The molecule has 0 aliphatic carbocycles. The summed E-state index contributed by atoms with van der Waals surface area (Å²) in [4.78, 5) is 21.9. The minimum Gasteiger partial charge on any atom is -0.464 e. The Morgan fingerprint density at radius 3 is 2.42 bits per heavy atom. The van der Waals surface area contributed by atoms with Crippen molar-refractivity contribution in [3.05, 3.63) is 41.7 Å². The van der Waals surface area contributed by atoms with Gasteiger partial charge in [-0.1, -0.05) is 0 Å². The number of carbonyl (C=O) groups is 1. The third kappa shape index (κ3) is 3.47. The fourth-order valence-corrected chi connectivity index (χ4v) is 2.16. The molecule has 2 heterocycles. The number of pyridine rings is 1. The number of rotatable bonds is 6. The highest BCUT2D eigenvalue weighted by molar-refractivity contribution is 5.80. The van der Waals surface area contributed by atoms with Crippen molar-refractivity contribution in [1.82, 2.24) is 15.0 Å². The van der Waals surface area contributed by atoms with Crippen molar-refractivity contribution in [1.29, 1.82) is 0 Å². The topological polar surface area (TPSA) is 71.1 Å². The summed E-state index contributed by atoms with van der Waals surface area (Å²) in [6.45, 7) is 1.58. The number of nitrogens with one attached hydrogen (secondary N) is 1. The zero-order valence-corrected chi connectivity index (χ0v) is 12.8. The maximum Gasteiger partial charge on any atom is 0.329 e. The van der Waals surface area contributed by atoms with E-state index in [4.69, 9.17) is 4.74 Å². The van der Waals surface area contributed by atoms with Gasteiger partial charge >= 0.3 is 5.97 Å². The molecule has 1 N–H and O–H groups in total. The second kappa shape index (κ2) is 7.28. The highest BCUT2D eigenvalue weighted by Gasteiger charge is 2.32. The molecule has 0 saturated heterocycles. The minimum absolute atomic E-state index is 0.0240. The van der Waals surface area contributed by atoms with Crippen LogP contribution in [0.1, 0.15) is 12.6 Å². The van der Waals surface area contributed by atoms with Crippen LogP contribution in [0.3, 0.4) is 0 Å². The number of ether oxygens (including phenoxy) is 1. The summed E-state index contributed by atoms with van der Waals surface area (Å²) in [6.07, 6.45) is 2.69. The Labute approximate surface area is 134 Å². The van der Waals surface area contributed by atoms with Crippen molar-refractivity contribution in [2.75, 3.05) is 18.6 Å². The number of aromatic amines is 1. The molecule has 2 aromatic heterocycles. The number of aromatic nitrogens is 3. The smallest absolute Gasteiger partial charge is 0.329 e. The van der Waals surface area contributed by atoms with Crippen LogP contribution in [0.2, 0.25) is 0 Å². The van der Waals surface area contributed by atoms with Gasteiger partial charge in [0.1, 0.15) is 11.7 Å². The maximum atomic E-state index is 13.9. The van der Waals surface area contributed by atoms with E-state index in [0.717, 1.165) is 11.9 Å². The molecule has 0 aliphatic rings. The lowest BCUT2D eigenvalue weighted by atomic mass is 10.1. The average Bonchev–Trinajstić information content (AvgIpc) is 3.04. The SMILES string of the molecule is CCOC(=O)C(Cc1cnc[nH]1)N(C)c1c(F)c(F)nc(F)c1F. The number of H-pyrrole nitrogens is 1. The molecule has 2 rings (SSSR count). The van der Waals surface area contributed by atoms with E-state index in [9.17, 15) is 22.4 Å². The van der Waals surface area contributed by atoms with Crippen molar-refractivity contribution < 1.29 is 27.1 Å². The first kappa shape index (κ1) is 17.7. The molecule has 0 saturated carbocycles. The Bertz CT molecular complexity index is 698. The Morgan fingerprint density at radius 2 is 1.92 bits per heavy atom. The van der Waals surface area contributed by atoms with Gasteiger partial charge in [-0.2, -0.15) is 22.5 Å². The van der Waals surface area contributed by atoms with E-state index < -0.39 is 41.2 Å². The van der Waals surface area contributed by atoms with Crippen LogP contribution >= 0.6 is 0 Å². The molecule has 0 spiro atoms. The average molecular weight is 346 g/mol. The van der Waals surface area contributed by atoms with E-state index in [1.165, 1.54) is 12.5 Å². The van der Waals surface area contributed by atoms with Crippen LogP contribution in [0.5, 0.6) is 0 Å². The summed E-state index contributed by atoms with van der Waals surface area (Å²) < 4.78 is 59.4. The van der Waals surface area contributed by atoms with E-state index in [0.29, 0.717) is 5.69 Å². The van der Waals surface area contributed by atoms with Crippen LogP contribution in [0.15, 0.2) is 12.5 Å². The monoisotopic (exact) mass is 346 g/mol. The van der Waals surface area contributed by atoms with E-state index in [-0.39, 0.29) is 13.0 Å². The van der Waals surface area contributed by atoms with Gasteiger partial charge in [0.2, 0.25) is 11.6 Å². The van der Waals surface area contributed by atoms with E-state index >= 15 is 0 Å². The van der Waals surface area contributed by atoms with Crippen molar-refractivity contribution >= 4 is 11.7 Å². The molecule has 6 nitrogen and oxygen atoms in total. The molecule has 24 heavy (non-hydrogen) atoms. The third-order valence-electron chi connectivity index (χ3n) is 3.32. The maximum absolute atomic E-state index is 13.9. The first-order chi connectivity index (χ1) is 11.4. The summed E-state index contributed by atoms with van der Waals surface area (Å²) in [7, 11) is 1.12. The number of hydrogen-bond donors (Lipinski definition) is 1. The molecular weight excluding hydrogens is 332 g/mol. The predicted molar refractivity (Wildman–Crippen MR) is 75.2 cm³/mol. The van der Waals surface area contributed by atoms with E-state index in [2.05, 4.69) is 15.0 Å². The van der Waals surface area contributed by atoms with Gasteiger partial charge in [-0.15, -0.1) is 0 Å². The minimum atomic E-state index is -1.81. The van der Waals surface area contributed by atoms with Gasteiger partial charge in [0.05, 0.1) is 12.9 Å². The second-order valence-corrected chi connectivity index (χ2v) is 4.83. The number of carbonyl (C=O) groups excluding carboxylic acids is 1. The van der Waals surface area contributed by atoms with E-state index in [1.54, 1.807) is 6.92 Å². The van der Waals surface area contributed by atoms with Gasteiger partial charge in [-0.05, 0) is 6.92 Å². The Kier molecular flexibility index (Phi) is 5.37. The summed E-state index contributed by atoms with van der Waals surface area (Å²) in [6, 6.07) is -1.24. The van der Waals surface area contributed by atoms with Crippen LogP contribution in [-0.4, -0.2) is 40.6 Å². The molecule has 2 aromatic rings. The number of nitrogens with zero attached hydrogens (tertiary/aromatic N) is 3. The number of likely N-dealkylation sites (N-methyl/N-ethyl adjacent to an activating group) is 1. The summed E-state index contributed by atoms with van der Waals surface area (Å²) in [5.74, 6) is -7.82. The van der Waals surface area contributed by atoms with Crippen molar-refractivity contribution in [3.63, 3.8) is 0 Å². The predicted octanol–water partition coefficient (Wildman–Crippen LogP) is 1.97. The van der Waals surface area contributed by atoms with Crippen LogP contribution < -0.4 is 4.90 Å². The number of imidazole rings is 1.